The Morgan fingerprint density at radius 2 is 1.81 bits per heavy atom. The van der Waals surface area contributed by atoms with E-state index in [2.05, 4.69) is 10.3 Å². The summed E-state index contributed by atoms with van der Waals surface area (Å²) < 4.78 is 65.6. The van der Waals surface area contributed by atoms with Crippen molar-refractivity contribution in [2.45, 2.75) is 32.0 Å². The average molecular weight is 379 g/mol. The summed E-state index contributed by atoms with van der Waals surface area (Å²) in [5, 5.41) is 20.9. The maximum Gasteiger partial charge on any atom is 0.459 e. The molecule has 11 heteroatoms. The van der Waals surface area contributed by atoms with Crippen LogP contribution in [0.2, 0.25) is 0 Å². The van der Waals surface area contributed by atoms with Gasteiger partial charge in [0.2, 0.25) is 5.95 Å². The first kappa shape index (κ1) is 19.5. The minimum atomic E-state index is -5.85. The Kier molecular flexibility index (Phi) is 4.84. The van der Waals surface area contributed by atoms with E-state index in [1.54, 1.807) is 0 Å². The van der Waals surface area contributed by atoms with Crippen molar-refractivity contribution in [1.82, 2.24) is 9.55 Å². The summed E-state index contributed by atoms with van der Waals surface area (Å²) in [6, 6.07) is 2.41. The van der Waals surface area contributed by atoms with Gasteiger partial charge < -0.3 is 14.8 Å². The molecule has 0 saturated heterocycles. The number of nitrogens with one attached hydrogen (secondary N) is 1. The lowest BCUT2D eigenvalue weighted by Gasteiger charge is -2.16. The van der Waals surface area contributed by atoms with Crippen LogP contribution in [0.4, 0.5) is 27.9 Å². The zero-order valence-corrected chi connectivity index (χ0v) is 13.5. The lowest BCUT2D eigenvalue weighted by molar-refractivity contribution is -0.290. The number of halogens is 5. The van der Waals surface area contributed by atoms with Gasteiger partial charge in [-0.1, -0.05) is 0 Å². The van der Waals surface area contributed by atoms with Gasteiger partial charge in [0.1, 0.15) is 17.2 Å². The van der Waals surface area contributed by atoms with Gasteiger partial charge in [-0.15, -0.1) is 0 Å². The number of alkyl halides is 5. The molecule has 26 heavy (non-hydrogen) atoms. The second-order valence-corrected chi connectivity index (χ2v) is 5.68. The molecule has 1 aromatic heterocycles. The van der Waals surface area contributed by atoms with Crippen LogP contribution in [-0.4, -0.2) is 31.8 Å². The van der Waals surface area contributed by atoms with Gasteiger partial charge >= 0.3 is 12.1 Å². The molecule has 1 aromatic carbocycles. The smallest absolute Gasteiger partial charge is 0.459 e. The van der Waals surface area contributed by atoms with E-state index in [1.165, 1.54) is 13.8 Å². The van der Waals surface area contributed by atoms with E-state index in [1.807, 2.05) is 0 Å². The molecule has 2 aromatic rings. The number of hydrogen-bond donors (Lipinski definition) is 3. The highest BCUT2D eigenvalue weighted by Gasteiger charge is 2.60. The van der Waals surface area contributed by atoms with Crippen LogP contribution in [0.25, 0.3) is 0 Å². The summed E-state index contributed by atoms with van der Waals surface area (Å²) in [4.78, 5) is 15.4. The zero-order chi connectivity index (χ0) is 19.9. The highest BCUT2D eigenvalue weighted by molar-refractivity contribution is 6.05. The average Bonchev–Trinajstić information content (AvgIpc) is 2.90. The molecule has 0 unspecified atom stereocenters. The van der Waals surface area contributed by atoms with Gasteiger partial charge in [-0.2, -0.15) is 22.0 Å². The summed E-state index contributed by atoms with van der Waals surface area (Å²) in [6.07, 6.45) is -5.34. The number of hydrogen-bond acceptors (Lipinski definition) is 4. The third kappa shape index (κ3) is 3.55. The Morgan fingerprint density at radius 1 is 1.19 bits per heavy atom. The van der Waals surface area contributed by atoms with Crippen molar-refractivity contribution in [2.75, 3.05) is 5.32 Å². The molecule has 0 spiro atoms. The zero-order valence-electron chi connectivity index (χ0n) is 13.5. The molecule has 6 nitrogen and oxygen atoms in total. The fourth-order valence-corrected chi connectivity index (χ4v) is 2.06. The maximum atomic E-state index is 13.5. The fourth-order valence-electron chi connectivity index (χ4n) is 2.06. The van der Waals surface area contributed by atoms with Crippen molar-refractivity contribution in [3.63, 3.8) is 0 Å². The van der Waals surface area contributed by atoms with Gasteiger partial charge in [0.25, 0.3) is 5.91 Å². The lowest BCUT2D eigenvalue weighted by atomic mass is 10.2. The molecule has 0 saturated carbocycles. The standard InChI is InChI=1S/C15H14F5N3O3/c1-7(2)23-6-11(14(16,17)15(18,19)20)21-13(23)22-12(26)9-4-3-8(24)5-10(9)25/h3-7,24-25H,1-2H3,(H,21,22,26). The number of phenols is 2. The van der Waals surface area contributed by atoms with Crippen LogP contribution in [0.3, 0.4) is 0 Å². The number of anilines is 1. The Labute approximate surface area is 143 Å². The number of amides is 1. The second-order valence-electron chi connectivity index (χ2n) is 5.68. The molecule has 0 aliphatic rings. The van der Waals surface area contributed by atoms with Gasteiger partial charge in [0, 0.05) is 18.3 Å². The maximum absolute atomic E-state index is 13.5. The van der Waals surface area contributed by atoms with Crippen molar-refractivity contribution < 1.29 is 37.0 Å². The van der Waals surface area contributed by atoms with Crippen LogP contribution in [0.1, 0.15) is 35.9 Å². The van der Waals surface area contributed by atoms with Crippen molar-refractivity contribution in [3.8, 4) is 11.5 Å². The van der Waals surface area contributed by atoms with Crippen LogP contribution in [-0.2, 0) is 5.92 Å². The summed E-state index contributed by atoms with van der Waals surface area (Å²) in [5.74, 6) is -7.68. The number of carbonyl (C=O) groups is 1. The largest absolute Gasteiger partial charge is 0.508 e. The van der Waals surface area contributed by atoms with E-state index in [-0.39, 0.29) is 11.3 Å². The van der Waals surface area contributed by atoms with Crippen LogP contribution >= 0.6 is 0 Å². The molecule has 0 radical (unpaired) electrons. The van der Waals surface area contributed by atoms with Crippen molar-refractivity contribution >= 4 is 11.9 Å². The van der Waals surface area contributed by atoms with E-state index in [0.717, 1.165) is 22.8 Å². The molecule has 3 N–H and O–H groups in total. The van der Waals surface area contributed by atoms with E-state index >= 15 is 0 Å². The van der Waals surface area contributed by atoms with E-state index in [4.69, 9.17) is 0 Å². The highest BCUT2D eigenvalue weighted by Crippen LogP contribution is 2.44. The number of rotatable bonds is 4. The van der Waals surface area contributed by atoms with Crippen LogP contribution in [0.5, 0.6) is 11.5 Å². The summed E-state index contributed by atoms with van der Waals surface area (Å²) >= 11 is 0. The first-order valence-electron chi connectivity index (χ1n) is 7.21. The molecular formula is C15H14F5N3O3. The third-order valence-electron chi connectivity index (χ3n) is 3.42. The lowest BCUT2D eigenvalue weighted by Crippen LogP contribution is -2.34. The summed E-state index contributed by atoms with van der Waals surface area (Å²) in [6.45, 7) is 2.98. The molecule has 1 heterocycles. The predicted octanol–water partition coefficient (Wildman–Crippen LogP) is 3.78. The number of aromatic hydroxyl groups is 2. The predicted molar refractivity (Wildman–Crippen MR) is 80.3 cm³/mol. The van der Waals surface area contributed by atoms with Gasteiger partial charge in [0.15, 0.2) is 0 Å². The molecular weight excluding hydrogens is 365 g/mol. The minimum absolute atomic E-state index is 0.324. The molecule has 142 valence electrons. The third-order valence-corrected chi connectivity index (χ3v) is 3.42. The Hall–Kier alpha value is -2.85. The molecule has 1 amide bonds. The van der Waals surface area contributed by atoms with Crippen molar-refractivity contribution in [2.24, 2.45) is 0 Å². The summed E-state index contributed by atoms with van der Waals surface area (Å²) in [7, 11) is 0. The van der Waals surface area contributed by atoms with Gasteiger partial charge in [-0.05, 0) is 26.0 Å². The SMILES string of the molecule is CC(C)n1cc(C(F)(F)C(F)(F)F)nc1NC(=O)c1ccc(O)cc1O. The Bertz CT molecular complexity index is 830. The van der Waals surface area contributed by atoms with Crippen molar-refractivity contribution in [3.05, 3.63) is 35.7 Å². The fraction of sp³-hybridized carbons (Fsp3) is 0.333. The van der Waals surface area contributed by atoms with E-state index < -0.39 is 41.4 Å². The van der Waals surface area contributed by atoms with Crippen LogP contribution in [0, 0.1) is 0 Å². The molecule has 0 bridgehead atoms. The number of imidazole rings is 1. The monoisotopic (exact) mass is 379 g/mol. The molecule has 0 aliphatic heterocycles. The molecule has 0 fully saturated rings. The Morgan fingerprint density at radius 3 is 2.31 bits per heavy atom. The highest BCUT2D eigenvalue weighted by atomic mass is 19.4. The minimum Gasteiger partial charge on any atom is -0.508 e. The molecule has 0 atom stereocenters. The number of carbonyl (C=O) groups excluding carboxylic acids is 1. The van der Waals surface area contributed by atoms with Crippen LogP contribution in [0.15, 0.2) is 24.4 Å². The van der Waals surface area contributed by atoms with Gasteiger partial charge in [-0.3, -0.25) is 10.1 Å². The first-order valence-corrected chi connectivity index (χ1v) is 7.21. The van der Waals surface area contributed by atoms with Crippen LogP contribution < -0.4 is 5.32 Å². The number of phenolic OH excluding ortho intramolecular Hbond substituents is 2. The number of nitrogens with zero attached hydrogens (tertiary/aromatic N) is 2. The normalized spacial score (nSPS) is 12.5. The van der Waals surface area contributed by atoms with Gasteiger partial charge in [0.05, 0.1) is 5.56 Å². The Balaban J connectivity index is 2.41. The van der Waals surface area contributed by atoms with Gasteiger partial charge in [-0.25, -0.2) is 4.98 Å². The molecule has 2 rings (SSSR count). The van der Waals surface area contributed by atoms with E-state index in [9.17, 15) is 37.0 Å². The second kappa shape index (κ2) is 6.46. The number of aromatic nitrogens is 2. The van der Waals surface area contributed by atoms with Crippen molar-refractivity contribution in [1.29, 1.82) is 0 Å². The van der Waals surface area contributed by atoms with E-state index in [0.29, 0.717) is 6.20 Å². The topological polar surface area (TPSA) is 87.4 Å². The first-order chi connectivity index (χ1) is 11.8. The summed E-state index contributed by atoms with van der Waals surface area (Å²) in [5.41, 5.74) is -1.89. The molecule has 0 aliphatic carbocycles. The quantitative estimate of drug-likeness (QED) is 0.706. The number of benzene rings is 1.